The van der Waals surface area contributed by atoms with Crippen LogP contribution in [-0.2, 0) is 4.79 Å². The number of carbonyl (C=O) groups is 1. The highest BCUT2D eigenvalue weighted by atomic mass is 32.1. The molecule has 0 radical (unpaired) electrons. The van der Waals surface area contributed by atoms with Crippen LogP contribution in [0.1, 0.15) is 6.42 Å². The first kappa shape index (κ1) is 13.7. The van der Waals surface area contributed by atoms with Gasteiger partial charge in [-0.25, -0.2) is 0 Å². The molecular weight excluding hydrogens is 268 g/mol. The lowest BCUT2D eigenvalue weighted by molar-refractivity contribution is -0.384. The molecule has 1 saturated heterocycles. The first-order chi connectivity index (χ1) is 9.06. The van der Waals surface area contributed by atoms with Crippen molar-refractivity contribution in [2.45, 2.75) is 6.42 Å². The van der Waals surface area contributed by atoms with Crippen molar-refractivity contribution >= 4 is 29.9 Å². The summed E-state index contributed by atoms with van der Waals surface area (Å²) < 4.78 is 5.17. The van der Waals surface area contributed by atoms with Gasteiger partial charge in [-0.3, -0.25) is 14.9 Å². The highest BCUT2D eigenvalue weighted by Gasteiger charge is 2.32. The van der Waals surface area contributed by atoms with Gasteiger partial charge in [0.05, 0.1) is 17.7 Å². The molecule has 0 bridgehead atoms. The SMILES string of the molecule is COc1ccc([N+](=O)[O-])cc1N1CC(CS)CC1=O. The Morgan fingerprint density at radius 2 is 2.32 bits per heavy atom. The number of thiol groups is 1. The molecule has 6 nitrogen and oxygen atoms in total. The van der Waals surface area contributed by atoms with Gasteiger partial charge in [0.25, 0.3) is 5.69 Å². The van der Waals surface area contributed by atoms with Crippen LogP contribution in [0.3, 0.4) is 0 Å². The number of rotatable bonds is 4. The molecule has 0 saturated carbocycles. The highest BCUT2D eigenvalue weighted by molar-refractivity contribution is 7.80. The molecule has 1 aromatic carbocycles. The highest BCUT2D eigenvalue weighted by Crippen LogP contribution is 2.35. The zero-order chi connectivity index (χ0) is 14.0. The Kier molecular flexibility index (Phi) is 3.94. The van der Waals surface area contributed by atoms with Crippen molar-refractivity contribution in [1.29, 1.82) is 0 Å². The fraction of sp³-hybridized carbons (Fsp3) is 0.417. The van der Waals surface area contributed by atoms with Gasteiger partial charge in [-0.2, -0.15) is 12.6 Å². The van der Waals surface area contributed by atoms with Crippen molar-refractivity contribution < 1.29 is 14.5 Å². The van der Waals surface area contributed by atoms with Crippen LogP contribution in [-0.4, -0.2) is 30.2 Å². The summed E-state index contributed by atoms with van der Waals surface area (Å²) in [6.45, 7) is 0.514. The number of anilines is 1. The molecule has 2 rings (SSSR count). The molecule has 1 fully saturated rings. The Morgan fingerprint density at radius 3 is 2.84 bits per heavy atom. The Hall–Kier alpha value is -1.76. The first-order valence-corrected chi connectivity index (χ1v) is 6.43. The average Bonchev–Trinajstić information content (AvgIpc) is 2.79. The quantitative estimate of drug-likeness (QED) is 0.520. The molecule has 0 N–H and O–H groups in total. The zero-order valence-corrected chi connectivity index (χ0v) is 11.3. The summed E-state index contributed by atoms with van der Waals surface area (Å²) in [5, 5.41) is 10.8. The van der Waals surface area contributed by atoms with E-state index in [-0.39, 0.29) is 17.5 Å². The molecule has 19 heavy (non-hydrogen) atoms. The minimum atomic E-state index is -0.487. The molecule has 1 heterocycles. The van der Waals surface area contributed by atoms with Gasteiger partial charge in [0, 0.05) is 25.1 Å². The van der Waals surface area contributed by atoms with Crippen LogP contribution in [0.5, 0.6) is 5.75 Å². The molecule has 1 aromatic rings. The van der Waals surface area contributed by atoms with E-state index in [4.69, 9.17) is 4.74 Å². The van der Waals surface area contributed by atoms with Gasteiger partial charge in [0.15, 0.2) is 0 Å². The van der Waals surface area contributed by atoms with Crippen molar-refractivity contribution in [3.8, 4) is 5.75 Å². The number of hydrogen-bond donors (Lipinski definition) is 1. The van der Waals surface area contributed by atoms with Crippen molar-refractivity contribution in [3.63, 3.8) is 0 Å². The molecule has 1 aliphatic heterocycles. The molecule has 102 valence electrons. The van der Waals surface area contributed by atoms with Crippen LogP contribution >= 0.6 is 12.6 Å². The third kappa shape index (κ3) is 2.65. The van der Waals surface area contributed by atoms with E-state index >= 15 is 0 Å². The lowest BCUT2D eigenvalue weighted by atomic mass is 10.1. The van der Waals surface area contributed by atoms with E-state index in [1.807, 2.05) is 0 Å². The van der Waals surface area contributed by atoms with E-state index in [0.717, 1.165) is 0 Å². The third-order valence-electron chi connectivity index (χ3n) is 3.13. The van der Waals surface area contributed by atoms with E-state index in [2.05, 4.69) is 12.6 Å². The van der Waals surface area contributed by atoms with Crippen LogP contribution in [0.4, 0.5) is 11.4 Å². The Labute approximate surface area is 115 Å². The molecule has 0 aromatic heterocycles. The number of nitro benzene ring substituents is 1. The van der Waals surface area contributed by atoms with E-state index in [1.54, 1.807) is 0 Å². The van der Waals surface area contributed by atoms with Gasteiger partial charge in [0.2, 0.25) is 5.91 Å². The monoisotopic (exact) mass is 282 g/mol. The van der Waals surface area contributed by atoms with E-state index in [0.29, 0.717) is 30.2 Å². The lowest BCUT2D eigenvalue weighted by Crippen LogP contribution is -2.25. The number of nitrogens with zero attached hydrogens (tertiary/aromatic N) is 2. The largest absolute Gasteiger partial charge is 0.495 e. The van der Waals surface area contributed by atoms with Gasteiger partial charge in [-0.15, -0.1) is 0 Å². The summed E-state index contributed by atoms with van der Waals surface area (Å²) in [4.78, 5) is 23.8. The Morgan fingerprint density at radius 1 is 1.58 bits per heavy atom. The number of nitro groups is 1. The minimum absolute atomic E-state index is 0.0575. The van der Waals surface area contributed by atoms with Crippen molar-refractivity contribution in [2.24, 2.45) is 5.92 Å². The summed E-state index contributed by atoms with van der Waals surface area (Å²) in [5.41, 5.74) is 0.393. The van der Waals surface area contributed by atoms with Gasteiger partial charge >= 0.3 is 0 Å². The Balaban J connectivity index is 2.39. The van der Waals surface area contributed by atoms with Crippen molar-refractivity contribution in [1.82, 2.24) is 0 Å². The number of carbonyl (C=O) groups excluding carboxylic acids is 1. The van der Waals surface area contributed by atoms with Gasteiger partial charge < -0.3 is 9.64 Å². The predicted molar refractivity (Wildman–Crippen MR) is 74.0 cm³/mol. The van der Waals surface area contributed by atoms with Gasteiger partial charge in [-0.05, 0) is 17.7 Å². The summed E-state index contributed by atoms with van der Waals surface area (Å²) >= 11 is 4.19. The van der Waals surface area contributed by atoms with Gasteiger partial charge in [0.1, 0.15) is 5.75 Å². The van der Waals surface area contributed by atoms with E-state index in [1.165, 1.54) is 30.2 Å². The average molecular weight is 282 g/mol. The molecule has 1 atom stereocenters. The fourth-order valence-corrected chi connectivity index (χ4v) is 2.38. The summed E-state index contributed by atoms with van der Waals surface area (Å²) in [7, 11) is 1.47. The second kappa shape index (κ2) is 5.48. The zero-order valence-electron chi connectivity index (χ0n) is 10.4. The van der Waals surface area contributed by atoms with E-state index < -0.39 is 4.92 Å². The number of methoxy groups -OCH3 is 1. The second-order valence-corrected chi connectivity index (χ2v) is 4.74. The van der Waals surface area contributed by atoms with Crippen molar-refractivity contribution in [3.05, 3.63) is 28.3 Å². The van der Waals surface area contributed by atoms with E-state index in [9.17, 15) is 14.9 Å². The smallest absolute Gasteiger partial charge is 0.271 e. The minimum Gasteiger partial charge on any atom is -0.495 e. The summed E-state index contributed by atoms with van der Waals surface area (Å²) in [6.07, 6.45) is 0.412. The van der Waals surface area contributed by atoms with Crippen LogP contribution in [0.15, 0.2) is 18.2 Å². The maximum absolute atomic E-state index is 12.0. The van der Waals surface area contributed by atoms with Crippen LogP contribution < -0.4 is 9.64 Å². The molecule has 0 spiro atoms. The topological polar surface area (TPSA) is 72.7 Å². The van der Waals surface area contributed by atoms with Gasteiger partial charge in [-0.1, -0.05) is 0 Å². The standard InChI is InChI=1S/C12H14N2O4S/c1-18-11-3-2-9(14(16)17)5-10(11)13-6-8(7-19)4-12(13)15/h2-3,5,8,19H,4,6-7H2,1H3. The lowest BCUT2D eigenvalue weighted by Gasteiger charge is -2.19. The number of amides is 1. The molecule has 1 aliphatic rings. The first-order valence-electron chi connectivity index (χ1n) is 5.80. The molecule has 0 aliphatic carbocycles. The van der Waals surface area contributed by atoms with Crippen LogP contribution in [0.2, 0.25) is 0 Å². The Bertz CT molecular complexity index is 520. The summed E-state index contributed by atoms with van der Waals surface area (Å²) in [6, 6.07) is 4.24. The maximum Gasteiger partial charge on any atom is 0.271 e. The predicted octanol–water partition coefficient (Wildman–Crippen LogP) is 1.89. The van der Waals surface area contributed by atoms with Crippen LogP contribution in [0, 0.1) is 16.0 Å². The van der Waals surface area contributed by atoms with Crippen molar-refractivity contribution in [2.75, 3.05) is 24.3 Å². The fourth-order valence-electron chi connectivity index (χ4n) is 2.14. The number of hydrogen-bond acceptors (Lipinski definition) is 5. The number of benzene rings is 1. The normalized spacial score (nSPS) is 18.7. The second-order valence-electron chi connectivity index (χ2n) is 4.37. The molecule has 1 unspecified atom stereocenters. The third-order valence-corrected chi connectivity index (χ3v) is 3.64. The maximum atomic E-state index is 12.0. The van der Waals surface area contributed by atoms with Crippen LogP contribution in [0.25, 0.3) is 0 Å². The number of ether oxygens (including phenoxy) is 1. The molecular formula is C12H14N2O4S. The number of non-ortho nitro benzene ring substituents is 1. The summed E-state index contributed by atoms with van der Waals surface area (Å²) in [5.74, 6) is 1.18. The molecule has 1 amide bonds. The molecule has 7 heteroatoms.